The number of nitrogens with two attached hydrogens (primary N) is 1. The number of carboxylic acids is 1. The van der Waals surface area contributed by atoms with Crippen LogP contribution in [0.1, 0.15) is 13.3 Å². The molecule has 0 aromatic heterocycles. The van der Waals surface area contributed by atoms with Crippen LogP contribution in [0, 0.1) is 0 Å². The largest absolute Gasteiger partial charge is 0.480 e. The summed E-state index contributed by atoms with van der Waals surface area (Å²) in [6.07, 6.45) is 0.586. The molecule has 64 valence electrons. The first-order chi connectivity index (χ1) is 5.15. The summed E-state index contributed by atoms with van der Waals surface area (Å²) >= 11 is 0. The summed E-state index contributed by atoms with van der Waals surface area (Å²) < 4.78 is 0. The molecule has 0 aliphatic carbocycles. The van der Waals surface area contributed by atoms with Crippen molar-refractivity contribution in [2.45, 2.75) is 25.4 Å². The first-order valence-electron chi connectivity index (χ1n) is 3.87. The SMILES string of the molecule is CCN1C[C@H](N)C[C@H]1C(=O)O. The minimum atomic E-state index is -0.750. The second-order valence-electron chi connectivity index (χ2n) is 2.94. The van der Waals surface area contributed by atoms with E-state index in [4.69, 9.17) is 10.8 Å². The monoisotopic (exact) mass is 158 g/mol. The first-order valence-corrected chi connectivity index (χ1v) is 3.87. The molecule has 0 amide bonds. The van der Waals surface area contributed by atoms with Crippen LogP contribution < -0.4 is 5.73 Å². The van der Waals surface area contributed by atoms with E-state index in [1.54, 1.807) is 0 Å². The van der Waals surface area contributed by atoms with Crippen molar-refractivity contribution >= 4 is 5.97 Å². The molecule has 1 aliphatic heterocycles. The van der Waals surface area contributed by atoms with Crippen LogP contribution >= 0.6 is 0 Å². The highest BCUT2D eigenvalue weighted by molar-refractivity contribution is 5.74. The molecular weight excluding hydrogens is 144 g/mol. The lowest BCUT2D eigenvalue weighted by molar-refractivity contribution is -0.142. The number of nitrogens with zero attached hydrogens (tertiary/aromatic N) is 1. The van der Waals surface area contributed by atoms with E-state index in [1.165, 1.54) is 0 Å². The maximum Gasteiger partial charge on any atom is 0.320 e. The van der Waals surface area contributed by atoms with Crippen LogP contribution in [-0.2, 0) is 4.79 Å². The van der Waals surface area contributed by atoms with E-state index < -0.39 is 5.97 Å². The van der Waals surface area contributed by atoms with E-state index in [-0.39, 0.29) is 12.1 Å². The van der Waals surface area contributed by atoms with Crippen molar-refractivity contribution in [3.05, 3.63) is 0 Å². The molecule has 4 heteroatoms. The van der Waals surface area contributed by atoms with E-state index in [2.05, 4.69) is 0 Å². The summed E-state index contributed by atoms with van der Waals surface area (Å²) in [6, 6.07) is -0.314. The lowest BCUT2D eigenvalue weighted by atomic mass is 10.2. The van der Waals surface area contributed by atoms with Crippen molar-refractivity contribution in [2.24, 2.45) is 5.73 Å². The second kappa shape index (κ2) is 3.19. The molecule has 11 heavy (non-hydrogen) atoms. The van der Waals surface area contributed by atoms with Gasteiger partial charge in [-0.3, -0.25) is 9.69 Å². The third-order valence-corrected chi connectivity index (χ3v) is 2.13. The van der Waals surface area contributed by atoms with Gasteiger partial charge in [0.1, 0.15) is 6.04 Å². The summed E-state index contributed by atoms with van der Waals surface area (Å²) in [7, 11) is 0. The standard InChI is InChI=1S/C7H14N2O2/c1-2-9-4-5(8)3-6(9)7(10)11/h5-6H,2-4,8H2,1H3,(H,10,11)/t5-,6+/m1/s1. The average Bonchev–Trinajstić information content (AvgIpc) is 2.30. The van der Waals surface area contributed by atoms with Crippen LogP contribution in [0.25, 0.3) is 0 Å². The molecule has 1 heterocycles. The Bertz CT molecular complexity index is 161. The van der Waals surface area contributed by atoms with Crippen LogP contribution in [0.2, 0.25) is 0 Å². The average molecular weight is 158 g/mol. The van der Waals surface area contributed by atoms with Gasteiger partial charge in [-0.05, 0) is 13.0 Å². The number of hydrogen-bond acceptors (Lipinski definition) is 3. The molecule has 2 atom stereocenters. The number of likely N-dealkylation sites (N-methyl/N-ethyl adjacent to an activating group) is 1. The quantitative estimate of drug-likeness (QED) is 0.568. The highest BCUT2D eigenvalue weighted by Crippen LogP contribution is 2.15. The molecule has 0 spiro atoms. The minimum Gasteiger partial charge on any atom is -0.480 e. The fraction of sp³-hybridized carbons (Fsp3) is 0.857. The van der Waals surface area contributed by atoms with Crippen molar-refractivity contribution in [3.8, 4) is 0 Å². The molecule has 0 aromatic rings. The predicted octanol–water partition coefficient (Wildman–Crippen LogP) is -0.507. The third kappa shape index (κ3) is 1.70. The van der Waals surface area contributed by atoms with Gasteiger partial charge in [-0.15, -0.1) is 0 Å². The Kier molecular flexibility index (Phi) is 2.46. The molecule has 1 rings (SSSR count). The Morgan fingerprint density at radius 1 is 1.82 bits per heavy atom. The van der Waals surface area contributed by atoms with Crippen molar-refractivity contribution in [3.63, 3.8) is 0 Å². The van der Waals surface area contributed by atoms with Crippen LogP contribution in [0.15, 0.2) is 0 Å². The van der Waals surface area contributed by atoms with E-state index in [1.807, 2.05) is 11.8 Å². The van der Waals surface area contributed by atoms with Crippen molar-refractivity contribution < 1.29 is 9.90 Å². The number of rotatable bonds is 2. The molecule has 0 saturated carbocycles. The van der Waals surface area contributed by atoms with Gasteiger partial charge in [0.05, 0.1) is 0 Å². The molecule has 0 bridgehead atoms. The lowest BCUT2D eigenvalue weighted by Gasteiger charge is -2.17. The number of likely N-dealkylation sites (tertiary alicyclic amines) is 1. The van der Waals surface area contributed by atoms with Gasteiger partial charge in [0.15, 0.2) is 0 Å². The van der Waals surface area contributed by atoms with Crippen molar-refractivity contribution in [1.29, 1.82) is 0 Å². The topological polar surface area (TPSA) is 66.6 Å². The van der Waals surface area contributed by atoms with Gasteiger partial charge in [0.2, 0.25) is 0 Å². The molecule has 1 saturated heterocycles. The summed E-state index contributed by atoms with van der Waals surface area (Å²) in [5.41, 5.74) is 5.62. The molecule has 4 nitrogen and oxygen atoms in total. The predicted molar refractivity (Wildman–Crippen MR) is 41.3 cm³/mol. The Morgan fingerprint density at radius 2 is 2.45 bits per heavy atom. The zero-order valence-corrected chi connectivity index (χ0v) is 6.66. The zero-order valence-electron chi connectivity index (χ0n) is 6.66. The number of hydrogen-bond donors (Lipinski definition) is 2. The third-order valence-electron chi connectivity index (χ3n) is 2.13. The van der Waals surface area contributed by atoms with E-state index in [0.717, 1.165) is 6.54 Å². The fourth-order valence-corrected chi connectivity index (χ4v) is 1.55. The molecule has 3 N–H and O–H groups in total. The summed E-state index contributed by atoms with van der Waals surface area (Å²) in [4.78, 5) is 12.5. The summed E-state index contributed by atoms with van der Waals surface area (Å²) in [5, 5.41) is 8.74. The molecule has 0 aromatic carbocycles. The van der Waals surface area contributed by atoms with Gasteiger partial charge >= 0.3 is 5.97 Å². The molecule has 1 aliphatic rings. The van der Waals surface area contributed by atoms with Gasteiger partial charge in [0.25, 0.3) is 0 Å². The minimum absolute atomic E-state index is 0.0380. The Labute approximate surface area is 66.0 Å². The molecular formula is C7H14N2O2. The maximum absolute atomic E-state index is 10.6. The van der Waals surface area contributed by atoms with E-state index in [0.29, 0.717) is 13.0 Å². The highest BCUT2D eigenvalue weighted by Gasteiger charge is 2.33. The smallest absolute Gasteiger partial charge is 0.320 e. The zero-order chi connectivity index (χ0) is 8.43. The van der Waals surface area contributed by atoms with Gasteiger partial charge in [0, 0.05) is 12.6 Å². The Hall–Kier alpha value is -0.610. The summed E-state index contributed by atoms with van der Waals surface area (Å²) in [5.74, 6) is -0.750. The number of carbonyl (C=O) groups is 1. The van der Waals surface area contributed by atoms with Crippen LogP contribution in [0.3, 0.4) is 0 Å². The number of carboxylic acid groups (broad SMARTS) is 1. The van der Waals surface area contributed by atoms with Gasteiger partial charge in [-0.25, -0.2) is 0 Å². The maximum atomic E-state index is 10.6. The van der Waals surface area contributed by atoms with Crippen LogP contribution in [-0.4, -0.2) is 41.1 Å². The van der Waals surface area contributed by atoms with Gasteiger partial charge in [-0.1, -0.05) is 6.92 Å². The normalized spacial score (nSPS) is 32.5. The van der Waals surface area contributed by atoms with Crippen molar-refractivity contribution in [2.75, 3.05) is 13.1 Å². The van der Waals surface area contributed by atoms with E-state index >= 15 is 0 Å². The van der Waals surface area contributed by atoms with Gasteiger partial charge in [-0.2, -0.15) is 0 Å². The van der Waals surface area contributed by atoms with Crippen molar-refractivity contribution in [1.82, 2.24) is 4.90 Å². The fourth-order valence-electron chi connectivity index (χ4n) is 1.55. The first kappa shape index (κ1) is 8.49. The molecule has 0 unspecified atom stereocenters. The molecule has 1 fully saturated rings. The lowest BCUT2D eigenvalue weighted by Crippen LogP contribution is -2.35. The second-order valence-corrected chi connectivity index (χ2v) is 2.94. The molecule has 0 radical (unpaired) electrons. The summed E-state index contributed by atoms with van der Waals surface area (Å²) in [6.45, 7) is 3.44. The Balaban J connectivity index is 2.57. The highest BCUT2D eigenvalue weighted by atomic mass is 16.4. The van der Waals surface area contributed by atoms with Gasteiger partial charge < -0.3 is 10.8 Å². The van der Waals surface area contributed by atoms with E-state index in [9.17, 15) is 4.79 Å². The number of aliphatic carboxylic acids is 1. The Morgan fingerprint density at radius 3 is 2.82 bits per heavy atom. The van der Waals surface area contributed by atoms with Crippen LogP contribution in [0.4, 0.5) is 0 Å². The van der Waals surface area contributed by atoms with Crippen LogP contribution in [0.5, 0.6) is 0 Å².